The topological polar surface area (TPSA) is 81.2 Å². The summed E-state index contributed by atoms with van der Waals surface area (Å²) in [6.07, 6.45) is 4.72. The Morgan fingerprint density at radius 1 is 1.10 bits per heavy atom. The average Bonchev–Trinajstić information content (AvgIpc) is 2.81. The van der Waals surface area contributed by atoms with Gasteiger partial charge in [0.15, 0.2) is 5.96 Å². The number of guanidine groups is 1. The SMILES string of the molecule is CCNC(=NCC(C)N1CCOCC1)NCCCN1CCN(c2ncccn2)CC1. The molecule has 1 atom stereocenters. The van der Waals surface area contributed by atoms with E-state index in [0.717, 1.165) is 97.0 Å². The maximum Gasteiger partial charge on any atom is 0.225 e. The molecule has 1 aromatic heterocycles. The summed E-state index contributed by atoms with van der Waals surface area (Å²) in [6, 6.07) is 2.30. The smallest absolute Gasteiger partial charge is 0.225 e. The molecule has 2 aliphatic rings. The highest BCUT2D eigenvalue weighted by Gasteiger charge is 2.18. The lowest BCUT2D eigenvalue weighted by Gasteiger charge is -2.34. The third-order valence-corrected chi connectivity index (χ3v) is 5.68. The van der Waals surface area contributed by atoms with Crippen molar-refractivity contribution in [2.45, 2.75) is 26.3 Å². The zero-order chi connectivity index (χ0) is 21.0. The molecule has 0 amide bonds. The minimum Gasteiger partial charge on any atom is -0.379 e. The van der Waals surface area contributed by atoms with E-state index in [0.29, 0.717) is 6.04 Å². The Balaban J connectivity index is 1.32. The molecule has 0 radical (unpaired) electrons. The molecule has 9 nitrogen and oxygen atoms in total. The van der Waals surface area contributed by atoms with Gasteiger partial charge >= 0.3 is 0 Å². The van der Waals surface area contributed by atoms with Crippen molar-refractivity contribution in [3.63, 3.8) is 0 Å². The summed E-state index contributed by atoms with van der Waals surface area (Å²) >= 11 is 0. The Hall–Kier alpha value is -1.97. The van der Waals surface area contributed by atoms with E-state index in [2.05, 4.69) is 49.1 Å². The van der Waals surface area contributed by atoms with Gasteiger partial charge in [-0.1, -0.05) is 0 Å². The van der Waals surface area contributed by atoms with Gasteiger partial charge in [0.1, 0.15) is 0 Å². The number of hydrogen-bond acceptors (Lipinski definition) is 7. The van der Waals surface area contributed by atoms with Crippen LogP contribution >= 0.6 is 0 Å². The second-order valence-electron chi connectivity index (χ2n) is 7.87. The van der Waals surface area contributed by atoms with Gasteiger partial charge in [-0.3, -0.25) is 14.8 Å². The van der Waals surface area contributed by atoms with Crippen molar-refractivity contribution in [2.75, 3.05) is 83.6 Å². The third-order valence-electron chi connectivity index (χ3n) is 5.68. The van der Waals surface area contributed by atoms with E-state index in [9.17, 15) is 0 Å². The van der Waals surface area contributed by atoms with Crippen LogP contribution in [0.25, 0.3) is 0 Å². The molecule has 1 unspecified atom stereocenters. The first-order valence-electron chi connectivity index (χ1n) is 11.3. The number of piperazine rings is 1. The molecule has 0 aromatic carbocycles. The van der Waals surface area contributed by atoms with Crippen LogP contribution in [0.4, 0.5) is 5.95 Å². The van der Waals surface area contributed by atoms with Crippen LogP contribution in [0.15, 0.2) is 23.5 Å². The molecule has 9 heteroatoms. The number of aromatic nitrogens is 2. The fourth-order valence-electron chi connectivity index (χ4n) is 3.83. The second kappa shape index (κ2) is 12.7. The predicted molar refractivity (Wildman–Crippen MR) is 121 cm³/mol. The van der Waals surface area contributed by atoms with Gasteiger partial charge in [0.05, 0.1) is 19.8 Å². The zero-order valence-corrected chi connectivity index (χ0v) is 18.6. The molecule has 3 rings (SSSR count). The van der Waals surface area contributed by atoms with Crippen LogP contribution in [-0.4, -0.2) is 110 Å². The molecule has 0 saturated carbocycles. The number of aliphatic imine (C=N–C) groups is 1. The van der Waals surface area contributed by atoms with Crippen molar-refractivity contribution in [3.8, 4) is 0 Å². The van der Waals surface area contributed by atoms with E-state index in [-0.39, 0.29) is 0 Å². The number of anilines is 1. The maximum absolute atomic E-state index is 5.44. The Morgan fingerprint density at radius 3 is 2.53 bits per heavy atom. The van der Waals surface area contributed by atoms with Crippen molar-refractivity contribution in [3.05, 3.63) is 18.5 Å². The lowest BCUT2D eigenvalue weighted by molar-refractivity contribution is 0.0220. The Morgan fingerprint density at radius 2 is 1.83 bits per heavy atom. The summed E-state index contributed by atoms with van der Waals surface area (Å²) < 4.78 is 5.44. The summed E-state index contributed by atoms with van der Waals surface area (Å²) in [6.45, 7) is 15.8. The molecule has 2 N–H and O–H groups in total. The van der Waals surface area contributed by atoms with Crippen LogP contribution in [0.2, 0.25) is 0 Å². The number of nitrogens with one attached hydrogen (secondary N) is 2. The van der Waals surface area contributed by atoms with Gasteiger partial charge in [0.2, 0.25) is 5.95 Å². The standard InChI is InChI=1S/C21H38N8O/c1-3-22-20(26-18-19(2)28-14-16-30-17-15-28)23-8-5-9-27-10-12-29(13-11-27)21-24-6-4-7-25-21/h4,6-7,19H,3,5,8-18H2,1-2H3,(H2,22,23,26). The minimum absolute atomic E-state index is 0.439. The highest BCUT2D eigenvalue weighted by molar-refractivity contribution is 5.79. The molecular weight excluding hydrogens is 380 g/mol. The highest BCUT2D eigenvalue weighted by Crippen LogP contribution is 2.09. The molecule has 2 aliphatic heterocycles. The Bertz CT molecular complexity index is 615. The van der Waals surface area contributed by atoms with Crippen molar-refractivity contribution in [1.82, 2.24) is 30.4 Å². The van der Waals surface area contributed by atoms with Crippen molar-refractivity contribution in [1.29, 1.82) is 0 Å². The molecule has 2 fully saturated rings. The summed E-state index contributed by atoms with van der Waals surface area (Å²) in [4.78, 5) is 20.7. The summed E-state index contributed by atoms with van der Waals surface area (Å²) in [5.74, 6) is 1.76. The van der Waals surface area contributed by atoms with Crippen LogP contribution < -0.4 is 15.5 Å². The molecule has 3 heterocycles. The lowest BCUT2D eigenvalue weighted by Crippen LogP contribution is -2.48. The summed E-state index contributed by atoms with van der Waals surface area (Å²) in [5, 5.41) is 6.86. The number of hydrogen-bond donors (Lipinski definition) is 2. The van der Waals surface area contributed by atoms with Crippen LogP contribution in [0.1, 0.15) is 20.3 Å². The van der Waals surface area contributed by atoms with Gasteiger partial charge in [-0.05, 0) is 32.9 Å². The molecular formula is C21H38N8O. The largest absolute Gasteiger partial charge is 0.379 e. The monoisotopic (exact) mass is 418 g/mol. The molecule has 0 bridgehead atoms. The molecule has 168 valence electrons. The molecule has 2 saturated heterocycles. The lowest BCUT2D eigenvalue weighted by atomic mass is 10.2. The number of nitrogens with zero attached hydrogens (tertiary/aromatic N) is 6. The Kier molecular flexibility index (Phi) is 9.59. The van der Waals surface area contributed by atoms with E-state index >= 15 is 0 Å². The second-order valence-corrected chi connectivity index (χ2v) is 7.87. The van der Waals surface area contributed by atoms with Crippen molar-refractivity contribution in [2.24, 2.45) is 4.99 Å². The average molecular weight is 419 g/mol. The Labute approximate surface area is 180 Å². The molecule has 0 aliphatic carbocycles. The summed E-state index contributed by atoms with van der Waals surface area (Å²) in [7, 11) is 0. The van der Waals surface area contributed by atoms with Crippen LogP contribution in [0.5, 0.6) is 0 Å². The van der Waals surface area contributed by atoms with E-state index in [1.807, 2.05) is 18.5 Å². The first-order valence-corrected chi connectivity index (χ1v) is 11.3. The third kappa shape index (κ3) is 7.37. The predicted octanol–water partition coefficient (Wildman–Crippen LogP) is 0.265. The van der Waals surface area contributed by atoms with E-state index < -0.39 is 0 Å². The number of morpholine rings is 1. The van der Waals surface area contributed by atoms with Gasteiger partial charge in [-0.25, -0.2) is 9.97 Å². The van der Waals surface area contributed by atoms with Crippen molar-refractivity contribution >= 4 is 11.9 Å². The van der Waals surface area contributed by atoms with Crippen LogP contribution in [0.3, 0.4) is 0 Å². The normalized spacial score (nSPS) is 20.2. The fraction of sp³-hybridized carbons (Fsp3) is 0.762. The van der Waals surface area contributed by atoms with Gasteiger partial charge in [-0.15, -0.1) is 0 Å². The maximum atomic E-state index is 5.44. The van der Waals surface area contributed by atoms with E-state index in [1.54, 1.807) is 0 Å². The zero-order valence-electron chi connectivity index (χ0n) is 18.6. The molecule has 30 heavy (non-hydrogen) atoms. The van der Waals surface area contributed by atoms with Crippen LogP contribution in [0, 0.1) is 0 Å². The van der Waals surface area contributed by atoms with Crippen LogP contribution in [-0.2, 0) is 4.74 Å². The van der Waals surface area contributed by atoms with Gasteiger partial charge < -0.3 is 20.3 Å². The first-order chi connectivity index (χ1) is 14.8. The van der Waals surface area contributed by atoms with Gasteiger partial charge in [-0.2, -0.15) is 0 Å². The number of ether oxygens (including phenoxy) is 1. The highest BCUT2D eigenvalue weighted by atomic mass is 16.5. The number of rotatable bonds is 9. The fourth-order valence-corrected chi connectivity index (χ4v) is 3.83. The van der Waals surface area contributed by atoms with Gasteiger partial charge in [0.25, 0.3) is 0 Å². The van der Waals surface area contributed by atoms with E-state index in [1.165, 1.54) is 0 Å². The minimum atomic E-state index is 0.439. The van der Waals surface area contributed by atoms with E-state index in [4.69, 9.17) is 9.73 Å². The van der Waals surface area contributed by atoms with Gasteiger partial charge in [0, 0.05) is 70.8 Å². The first kappa shape index (κ1) is 22.7. The quantitative estimate of drug-likeness (QED) is 0.336. The summed E-state index contributed by atoms with van der Waals surface area (Å²) in [5.41, 5.74) is 0. The molecule has 1 aromatic rings. The molecule has 0 spiro atoms. The van der Waals surface area contributed by atoms with Crippen molar-refractivity contribution < 1.29 is 4.74 Å².